The van der Waals surface area contributed by atoms with Gasteiger partial charge in [0.2, 0.25) is 0 Å². The third-order valence-electron chi connectivity index (χ3n) is 6.88. The maximum Gasteiger partial charge on any atom is 0.321 e. The molecule has 1 aliphatic rings. The number of urea groups is 1. The summed E-state index contributed by atoms with van der Waals surface area (Å²) in [5.74, 6) is -0.665. The number of carbonyl (C=O) groups excluding carboxylic acids is 2. The van der Waals surface area contributed by atoms with Crippen molar-refractivity contribution in [1.29, 1.82) is 0 Å². The molecule has 3 amide bonds. The summed E-state index contributed by atoms with van der Waals surface area (Å²) in [7, 11) is -2.44. The van der Waals surface area contributed by atoms with Crippen molar-refractivity contribution in [3.8, 4) is 5.75 Å². The van der Waals surface area contributed by atoms with Gasteiger partial charge in [-0.1, -0.05) is 42.8 Å². The zero-order valence-electron chi connectivity index (χ0n) is 23.0. The van der Waals surface area contributed by atoms with Gasteiger partial charge >= 0.3 is 6.03 Å². The van der Waals surface area contributed by atoms with Crippen LogP contribution in [0.25, 0.3) is 0 Å². The van der Waals surface area contributed by atoms with Crippen molar-refractivity contribution in [2.75, 3.05) is 36.8 Å². The molecule has 41 heavy (non-hydrogen) atoms. The predicted octanol–water partition coefficient (Wildman–Crippen LogP) is 4.52. The van der Waals surface area contributed by atoms with E-state index in [1.807, 2.05) is 25.1 Å². The van der Waals surface area contributed by atoms with E-state index in [0.29, 0.717) is 10.7 Å². The Balaban J connectivity index is 1.69. The second-order valence-electron chi connectivity index (χ2n) is 10.0. The molecule has 1 aliphatic heterocycles. The standard InChI is InChI=1S/C29H33ClN4O6S/c1-19-16-34(20(2)18-35)28(36)24-10-7-11-25(32-41(38,39)23-14-12-21(30)13-15-23)27(24)40-26(19)17-33(3)29(37)31-22-8-5-4-6-9-22/h4-15,19-20,26,32,35H,16-18H2,1-3H3,(H,31,37)/t19-,20+,26-/m0/s1. The predicted molar refractivity (Wildman–Crippen MR) is 158 cm³/mol. The number of hydrogen-bond donors (Lipinski definition) is 3. The molecule has 10 nitrogen and oxygen atoms in total. The number of nitrogens with one attached hydrogen (secondary N) is 2. The van der Waals surface area contributed by atoms with Crippen molar-refractivity contribution in [3.05, 3.63) is 83.4 Å². The van der Waals surface area contributed by atoms with Gasteiger partial charge in [0.05, 0.1) is 35.3 Å². The topological polar surface area (TPSA) is 128 Å². The highest BCUT2D eigenvalue weighted by Gasteiger charge is 2.35. The highest BCUT2D eigenvalue weighted by molar-refractivity contribution is 7.92. The van der Waals surface area contributed by atoms with Crippen molar-refractivity contribution < 1.29 is 27.9 Å². The van der Waals surface area contributed by atoms with Gasteiger partial charge in [0.25, 0.3) is 15.9 Å². The highest BCUT2D eigenvalue weighted by atomic mass is 35.5. The van der Waals surface area contributed by atoms with Crippen LogP contribution in [0.15, 0.2) is 77.7 Å². The molecule has 4 rings (SSSR count). The number of anilines is 2. The van der Waals surface area contributed by atoms with Crippen LogP contribution in [0.1, 0.15) is 24.2 Å². The number of halogens is 1. The number of likely N-dealkylation sites (N-methyl/N-ethyl adjacent to an activating group) is 1. The van der Waals surface area contributed by atoms with E-state index in [2.05, 4.69) is 10.0 Å². The number of nitrogens with zero attached hydrogens (tertiary/aromatic N) is 2. The van der Waals surface area contributed by atoms with Crippen LogP contribution < -0.4 is 14.8 Å². The van der Waals surface area contributed by atoms with Crippen LogP contribution in [0.5, 0.6) is 5.75 Å². The van der Waals surface area contributed by atoms with E-state index in [1.165, 1.54) is 35.2 Å². The van der Waals surface area contributed by atoms with E-state index in [-0.39, 0.29) is 53.5 Å². The fourth-order valence-corrected chi connectivity index (χ4v) is 5.64. The molecule has 3 aromatic rings. The summed E-state index contributed by atoms with van der Waals surface area (Å²) in [5.41, 5.74) is 0.835. The average molecular weight is 601 g/mol. The van der Waals surface area contributed by atoms with Gasteiger partial charge in [-0.25, -0.2) is 13.2 Å². The fraction of sp³-hybridized carbons (Fsp3) is 0.310. The number of rotatable bonds is 8. The van der Waals surface area contributed by atoms with E-state index >= 15 is 0 Å². The van der Waals surface area contributed by atoms with Crippen LogP contribution in [0.4, 0.5) is 16.2 Å². The lowest BCUT2D eigenvalue weighted by molar-refractivity contribution is 0.0373. The van der Waals surface area contributed by atoms with Gasteiger partial charge in [-0.15, -0.1) is 0 Å². The van der Waals surface area contributed by atoms with Crippen molar-refractivity contribution in [2.45, 2.75) is 30.9 Å². The number of ether oxygens (including phenoxy) is 1. The number of aliphatic hydroxyl groups excluding tert-OH is 1. The highest BCUT2D eigenvalue weighted by Crippen LogP contribution is 2.36. The van der Waals surface area contributed by atoms with Crippen LogP contribution in [-0.4, -0.2) is 74.2 Å². The third kappa shape index (κ3) is 7.10. The Morgan fingerprint density at radius 3 is 2.46 bits per heavy atom. The minimum atomic E-state index is -4.07. The lowest BCUT2D eigenvalue weighted by atomic mass is 9.99. The lowest BCUT2D eigenvalue weighted by Gasteiger charge is -2.38. The average Bonchev–Trinajstić information content (AvgIpc) is 2.95. The summed E-state index contributed by atoms with van der Waals surface area (Å²) in [6, 6.07) is 18.4. The van der Waals surface area contributed by atoms with Crippen LogP contribution in [-0.2, 0) is 10.0 Å². The molecule has 0 saturated heterocycles. The van der Waals surface area contributed by atoms with E-state index in [0.717, 1.165) is 0 Å². The first kappa shape index (κ1) is 30.2. The maximum absolute atomic E-state index is 13.7. The van der Waals surface area contributed by atoms with E-state index in [4.69, 9.17) is 16.3 Å². The maximum atomic E-state index is 13.7. The van der Waals surface area contributed by atoms with Crippen LogP contribution in [0.2, 0.25) is 5.02 Å². The zero-order chi connectivity index (χ0) is 29.7. The van der Waals surface area contributed by atoms with Gasteiger partial charge in [-0.2, -0.15) is 0 Å². The van der Waals surface area contributed by atoms with Crippen LogP contribution in [0, 0.1) is 5.92 Å². The molecule has 0 fully saturated rings. The van der Waals surface area contributed by atoms with Crippen molar-refractivity contribution in [3.63, 3.8) is 0 Å². The SMILES string of the molecule is C[C@H](CO)N1C[C@H](C)[C@H](CN(C)C(=O)Nc2ccccc2)Oc2c(NS(=O)(=O)c3ccc(Cl)cc3)cccc2C1=O. The van der Waals surface area contributed by atoms with Gasteiger partial charge in [0.15, 0.2) is 5.75 Å². The van der Waals surface area contributed by atoms with Crippen LogP contribution in [0.3, 0.4) is 0 Å². The second kappa shape index (κ2) is 12.8. The summed E-state index contributed by atoms with van der Waals surface area (Å²) < 4.78 is 35.4. The van der Waals surface area contributed by atoms with Gasteiger partial charge in [0.1, 0.15) is 6.10 Å². The zero-order valence-corrected chi connectivity index (χ0v) is 24.5. The number of carbonyl (C=O) groups is 2. The molecule has 0 bridgehead atoms. The molecule has 3 N–H and O–H groups in total. The number of fused-ring (bicyclic) bond motifs is 1. The molecule has 0 radical (unpaired) electrons. The molecule has 3 atom stereocenters. The molecular formula is C29H33ClN4O6S. The molecular weight excluding hydrogens is 568 g/mol. The first-order valence-corrected chi connectivity index (χ1v) is 14.9. The number of para-hydroxylation sites is 2. The number of benzene rings is 3. The Morgan fingerprint density at radius 1 is 1.12 bits per heavy atom. The van der Waals surface area contributed by atoms with Gasteiger partial charge in [-0.3, -0.25) is 9.52 Å². The lowest BCUT2D eigenvalue weighted by Crippen LogP contribution is -2.50. The van der Waals surface area contributed by atoms with Crippen molar-refractivity contribution in [1.82, 2.24) is 9.80 Å². The van der Waals surface area contributed by atoms with E-state index in [9.17, 15) is 23.1 Å². The number of amides is 3. The quantitative estimate of drug-likeness (QED) is 0.349. The van der Waals surface area contributed by atoms with Gasteiger partial charge in [-0.05, 0) is 55.5 Å². The third-order valence-corrected chi connectivity index (χ3v) is 8.52. The van der Waals surface area contributed by atoms with Crippen LogP contribution >= 0.6 is 11.6 Å². The smallest absolute Gasteiger partial charge is 0.321 e. The normalized spacial score (nSPS) is 17.9. The summed E-state index contributed by atoms with van der Waals surface area (Å²) >= 11 is 5.93. The molecule has 3 aromatic carbocycles. The summed E-state index contributed by atoms with van der Waals surface area (Å²) in [6.45, 7) is 3.73. The largest absolute Gasteiger partial charge is 0.485 e. The minimum absolute atomic E-state index is 0.0190. The van der Waals surface area contributed by atoms with Crippen molar-refractivity contribution in [2.24, 2.45) is 5.92 Å². The number of hydrogen-bond acceptors (Lipinski definition) is 6. The first-order valence-electron chi connectivity index (χ1n) is 13.1. The van der Waals surface area contributed by atoms with Gasteiger partial charge < -0.3 is 25.0 Å². The fourth-order valence-electron chi connectivity index (χ4n) is 4.45. The van der Waals surface area contributed by atoms with Gasteiger partial charge in [0, 0.05) is 30.2 Å². The monoisotopic (exact) mass is 600 g/mol. The molecule has 0 saturated carbocycles. The second-order valence-corrected chi connectivity index (χ2v) is 12.2. The molecule has 0 aromatic heterocycles. The molecule has 0 unspecified atom stereocenters. The molecule has 12 heteroatoms. The minimum Gasteiger partial charge on any atom is -0.485 e. The number of aliphatic hydroxyl groups is 1. The van der Waals surface area contributed by atoms with Crippen molar-refractivity contribution >= 4 is 44.9 Å². The Labute approximate surface area is 244 Å². The summed E-state index contributed by atoms with van der Waals surface area (Å²) in [6.07, 6.45) is -0.636. The first-order chi connectivity index (χ1) is 19.5. The molecule has 0 spiro atoms. The molecule has 218 valence electrons. The molecule has 1 heterocycles. The number of sulfonamides is 1. The summed E-state index contributed by atoms with van der Waals surface area (Å²) in [4.78, 5) is 29.6. The van der Waals surface area contributed by atoms with E-state index < -0.39 is 28.1 Å². The Morgan fingerprint density at radius 2 is 1.80 bits per heavy atom. The summed E-state index contributed by atoms with van der Waals surface area (Å²) in [5, 5.41) is 13.1. The Kier molecular flexibility index (Phi) is 9.42. The van der Waals surface area contributed by atoms with E-state index in [1.54, 1.807) is 43.1 Å². The molecule has 0 aliphatic carbocycles. The Bertz CT molecular complexity index is 1490. The Hall–Kier alpha value is -3.80.